The topological polar surface area (TPSA) is 70.0 Å². The van der Waals surface area contributed by atoms with Crippen molar-refractivity contribution in [1.29, 1.82) is 0 Å². The first-order valence-corrected chi connectivity index (χ1v) is 12.6. The van der Waals surface area contributed by atoms with Crippen molar-refractivity contribution in [2.45, 2.75) is 46.2 Å². The van der Waals surface area contributed by atoms with Gasteiger partial charge in [0.2, 0.25) is 0 Å². The van der Waals surface area contributed by atoms with Crippen LogP contribution in [0.2, 0.25) is 0 Å². The molecule has 2 aromatic heterocycles. The molecule has 8 heteroatoms. The Morgan fingerprint density at radius 3 is 2.54 bits per heavy atom. The van der Waals surface area contributed by atoms with Crippen molar-refractivity contribution < 1.29 is 23.8 Å². The number of amides is 1. The Hall–Kier alpha value is -3.26. The number of hydrogen-bond acceptors (Lipinski definition) is 6. The summed E-state index contributed by atoms with van der Waals surface area (Å²) in [6.45, 7) is 8.61. The Bertz CT molecular complexity index is 1240. The molecule has 1 aliphatic rings. The van der Waals surface area contributed by atoms with Crippen LogP contribution < -0.4 is 9.47 Å². The van der Waals surface area contributed by atoms with E-state index in [9.17, 15) is 9.59 Å². The molecular weight excluding hydrogens is 464 g/mol. The highest BCUT2D eigenvalue weighted by Crippen LogP contribution is 2.45. The summed E-state index contributed by atoms with van der Waals surface area (Å²) in [7, 11) is 3.43. The predicted molar refractivity (Wildman–Crippen MR) is 137 cm³/mol. The lowest BCUT2D eigenvalue weighted by Crippen LogP contribution is -2.43. The van der Waals surface area contributed by atoms with E-state index in [1.165, 1.54) is 0 Å². The smallest absolute Gasteiger partial charge is 0.344 e. The van der Waals surface area contributed by atoms with E-state index in [1.807, 2.05) is 57.5 Å². The first kappa shape index (κ1) is 24.9. The average molecular weight is 497 g/mol. The third kappa shape index (κ3) is 4.80. The predicted octanol–water partition coefficient (Wildman–Crippen LogP) is 5.26. The molecule has 0 saturated heterocycles. The molecular formula is C27H32N2O5S. The highest BCUT2D eigenvalue weighted by molar-refractivity contribution is 7.13. The van der Waals surface area contributed by atoms with Crippen molar-refractivity contribution in [3.8, 4) is 33.2 Å². The van der Waals surface area contributed by atoms with Crippen LogP contribution in [0.4, 0.5) is 0 Å². The average Bonchev–Trinajstić information content (AvgIpc) is 3.48. The number of carbonyl (C=O) groups excluding carboxylic acids is 2. The van der Waals surface area contributed by atoms with Crippen LogP contribution in [0.5, 0.6) is 11.5 Å². The van der Waals surface area contributed by atoms with Crippen LogP contribution in [0.25, 0.3) is 21.7 Å². The van der Waals surface area contributed by atoms with Crippen LogP contribution in [-0.2, 0) is 22.5 Å². The van der Waals surface area contributed by atoms with Gasteiger partial charge in [0.25, 0.3) is 5.91 Å². The Morgan fingerprint density at radius 1 is 1.14 bits per heavy atom. The fraction of sp³-hybridized carbons (Fsp3) is 0.407. The number of esters is 1. The molecule has 1 amide bonds. The van der Waals surface area contributed by atoms with Gasteiger partial charge in [-0.1, -0.05) is 6.07 Å². The molecule has 1 aromatic carbocycles. The monoisotopic (exact) mass is 496 g/mol. The van der Waals surface area contributed by atoms with Crippen LogP contribution in [0.15, 0.2) is 35.7 Å². The summed E-state index contributed by atoms with van der Waals surface area (Å²) in [4.78, 5) is 28.3. The number of fused-ring (bicyclic) bond motifs is 3. The highest BCUT2D eigenvalue weighted by atomic mass is 32.1. The third-order valence-corrected chi connectivity index (χ3v) is 7.22. The quantitative estimate of drug-likeness (QED) is 0.417. The number of hydrogen-bond donors (Lipinski definition) is 0. The summed E-state index contributed by atoms with van der Waals surface area (Å²) in [5.74, 6) is 0.575. The van der Waals surface area contributed by atoms with E-state index in [0.717, 1.165) is 33.7 Å². The van der Waals surface area contributed by atoms with Gasteiger partial charge >= 0.3 is 5.97 Å². The Morgan fingerprint density at radius 2 is 1.91 bits per heavy atom. The number of benzene rings is 1. The standard InChI is InChI=1S/C27H32N2O5S/c1-7-33-24(30)16-34-22-15-18-17(13-21(22)32-6)10-11-29-20(26(31)28(5)27(2,3)4)14-19(25(18)29)23-9-8-12-35-23/h8-9,12-15H,7,10-11,16H2,1-6H3. The fourth-order valence-electron chi connectivity index (χ4n) is 4.22. The maximum absolute atomic E-state index is 13.6. The van der Waals surface area contributed by atoms with E-state index in [-0.39, 0.29) is 18.1 Å². The van der Waals surface area contributed by atoms with Crippen molar-refractivity contribution >= 4 is 23.2 Å². The number of aryl methyl sites for hydroxylation is 1. The first-order valence-electron chi connectivity index (χ1n) is 11.7. The van der Waals surface area contributed by atoms with Gasteiger partial charge in [-0.2, -0.15) is 0 Å². The number of rotatable bonds is 7. The summed E-state index contributed by atoms with van der Waals surface area (Å²) < 4.78 is 18.5. The van der Waals surface area contributed by atoms with Gasteiger partial charge in [-0.25, -0.2) is 4.79 Å². The molecule has 0 N–H and O–H groups in total. The summed E-state index contributed by atoms with van der Waals surface area (Å²) in [6.07, 6.45) is 0.745. The number of ether oxygens (including phenoxy) is 3. The molecule has 3 heterocycles. The summed E-state index contributed by atoms with van der Waals surface area (Å²) in [6, 6.07) is 9.96. The second kappa shape index (κ2) is 9.77. The minimum atomic E-state index is -0.437. The lowest BCUT2D eigenvalue weighted by molar-refractivity contribution is -0.145. The molecule has 0 atom stereocenters. The van der Waals surface area contributed by atoms with Gasteiger partial charge < -0.3 is 23.7 Å². The Balaban J connectivity index is 1.85. The third-order valence-electron chi connectivity index (χ3n) is 6.31. The SMILES string of the molecule is CCOC(=O)COc1cc2c(cc1OC)CCn1c(C(=O)N(C)C(C)(C)C)cc(-c3cccs3)c1-2. The zero-order valence-corrected chi connectivity index (χ0v) is 22.0. The lowest BCUT2D eigenvalue weighted by atomic mass is 9.95. The molecule has 0 radical (unpaired) electrons. The van der Waals surface area contributed by atoms with Crippen LogP contribution in [-0.4, -0.2) is 54.3 Å². The van der Waals surface area contributed by atoms with Crippen LogP contribution >= 0.6 is 11.3 Å². The maximum atomic E-state index is 13.6. The van der Waals surface area contributed by atoms with Gasteiger partial charge in [0.15, 0.2) is 18.1 Å². The molecule has 0 saturated carbocycles. The largest absolute Gasteiger partial charge is 0.493 e. The normalized spacial score (nSPS) is 12.5. The van der Waals surface area contributed by atoms with Crippen molar-refractivity contribution in [3.05, 3.63) is 47.0 Å². The van der Waals surface area contributed by atoms with Crippen molar-refractivity contribution in [2.75, 3.05) is 27.4 Å². The highest BCUT2D eigenvalue weighted by Gasteiger charge is 2.32. The number of aromatic nitrogens is 1. The summed E-state index contributed by atoms with van der Waals surface area (Å²) in [5.41, 5.74) is 4.42. The molecule has 3 aromatic rings. The molecule has 0 unspecified atom stereocenters. The van der Waals surface area contributed by atoms with E-state index >= 15 is 0 Å². The van der Waals surface area contributed by atoms with E-state index in [4.69, 9.17) is 14.2 Å². The molecule has 0 spiro atoms. The Labute approximate surface area is 210 Å². The van der Waals surface area contributed by atoms with Gasteiger partial charge in [0, 0.05) is 35.1 Å². The molecule has 1 aliphatic heterocycles. The van der Waals surface area contributed by atoms with E-state index < -0.39 is 5.97 Å². The summed E-state index contributed by atoms with van der Waals surface area (Å²) in [5, 5.41) is 2.04. The molecule has 7 nitrogen and oxygen atoms in total. The second-order valence-electron chi connectivity index (χ2n) is 9.46. The van der Waals surface area contributed by atoms with Crippen LogP contribution in [0.3, 0.4) is 0 Å². The molecule has 4 rings (SSSR count). The van der Waals surface area contributed by atoms with Gasteiger partial charge in [-0.05, 0) is 69.3 Å². The van der Waals surface area contributed by atoms with Gasteiger partial charge in [0.05, 0.1) is 19.4 Å². The van der Waals surface area contributed by atoms with Crippen LogP contribution in [0.1, 0.15) is 43.7 Å². The Kier molecular flexibility index (Phi) is 6.94. The minimum absolute atomic E-state index is 0.0164. The van der Waals surface area contributed by atoms with Crippen molar-refractivity contribution in [3.63, 3.8) is 0 Å². The summed E-state index contributed by atoms with van der Waals surface area (Å²) >= 11 is 1.64. The zero-order chi connectivity index (χ0) is 25.3. The van der Waals surface area contributed by atoms with Gasteiger partial charge in [-0.3, -0.25) is 4.79 Å². The van der Waals surface area contributed by atoms with Crippen molar-refractivity contribution in [1.82, 2.24) is 9.47 Å². The lowest BCUT2D eigenvalue weighted by Gasteiger charge is -2.32. The minimum Gasteiger partial charge on any atom is -0.493 e. The van der Waals surface area contributed by atoms with Gasteiger partial charge in [-0.15, -0.1) is 11.3 Å². The second-order valence-corrected chi connectivity index (χ2v) is 10.4. The number of carbonyl (C=O) groups is 2. The molecule has 0 fully saturated rings. The first-order chi connectivity index (χ1) is 16.7. The number of methoxy groups -OCH3 is 1. The number of nitrogens with zero attached hydrogens (tertiary/aromatic N) is 2. The molecule has 186 valence electrons. The molecule has 35 heavy (non-hydrogen) atoms. The van der Waals surface area contributed by atoms with Gasteiger partial charge in [0.1, 0.15) is 5.69 Å². The van der Waals surface area contributed by atoms with E-state index in [0.29, 0.717) is 30.3 Å². The van der Waals surface area contributed by atoms with E-state index in [1.54, 1.807) is 30.3 Å². The van der Waals surface area contributed by atoms with Crippen molar-refractivity contribution in [2.24, 2.45) is 0 Å². The number of thiophene rings is 1. The fourth-order valence-corrected chi connectivity index (χ4v) is 4.96. The van der Waals surface area contributed by atoms with Crippen LogP contribution in [0, 0.1) is 0 Å². The molecule has 0 aliphatic carbocycles. The van der Waals surface area contributed by atoms with E-state index in [2.05, 4.69) is 10.6 Å². The zero-order valence-electron chi connectivity index (χ0n) is 21.1. The maximum Gasteiger partial charge on any atom is 0.344 e. The molecule has 0 bridgehead atoms.